The Hall–Kier alpha value is -2.09. The SMILES string of the molecule is COc1ccc(C(CNS(=O)(=O)c2ccc(OC)c(C)c2)N(C)C)cc1. The van der Waals surface area contributed by atoms with Gasteiger partial charge in [0.25, 0.3) is 0 Å². The zero-order valence-electron chi connectivity index (χ0n) is 15.8. The van der Waals surface area contributed by atoms with Gasteiger partial charge in [-0.2, -0.15) is 0 Å². The van der Waals surface area contributed by atoms with E-state index in [0.717, 1.165) is 16.9 Å². The fraction of sp³-hybridized carbons (Fsp3) is 0.368. The average Bonchev–Trinajstić information content (AvgIpc) is 2.62. The van der Waals surface area contributed by atoms with Gasteiger partial charge < -0.3 is 14.4 Å². The highest BCUT2D eigenvalue weighted by Gasteiger charge is 2.20. The quantitative estimate of drug-likeness (QED) is 0.765. The molecule has 2 rings (SSSR count). The average molecular weight is 378 g/mol. The monoisotopic (exact) mass is 378 g/mol. The lowest BCUT2D eigenvalue weighted by Crippen LogP contribution is -2.34. The molecule has 142 valence electrons. The first-order valence-corrected chi connectivity index (χ1v) is 9.71. The van der Waals surface area contributed by atoms with Crippen molar-refractivity contribution in [1.82, 2.24) is 9.62 Å². The highest BCUT2D eigenvalue weighted by Crippen LogP contribution is 2.23. The van der Waals surface area contributed by atoms with Gasteiger partial charge in [0.15, 0.2) is 0 Å². The second-order valence-electron chi connectivity index (χ2n) is 6.24. The summed E-state index contributed by atoms with van der Waals surface area (Å²) >= 11 is 0. The molecule has 0 spiro atoms. The van der Waals surface area contributed by atoms with Gasteiger partial charge in [-0.3, -0.25) is 0 Å². The van der Waals surface area contributed by atoms with E-state index >= 15 is 0 Å². The third-order valence-corrected chi connectivity index (χ3v) is 5.69. The van der Waals surface area contributed by atoms with Crippen molar-refractivity contribution in [3.05, 3.63) is 53.6 Å². The van der Waals surface area contributed by atoms with Crippen molar-refractivity contribution in [2.75, 3.05) is 34.9 Å². The number of benzene rings is 2. The molecule has 0 heterocycles. The summed E-state index contributed by atoms with van der Waals surface area (Å²) in [5.41, 5.74) is 1.78. The van der Waals surface area contributed by atoms with E-state index in [1.807, 2.05) is 50.2 Å². The van der Waals surface area contributed by atoms with Crippen LogP contribution in [-0.4, -0.2) is 48.2 Å². The largest absolute Gasteiger partial charge is 0.497 e. The second kappa shape index (κ2) is 8.53. The number of nitrogens with one attached hydrogen (secondary N) is 1. The third-order valence-electron chi connectivity index (χ3n) is 4.27. The van der Waals surface area contributed by atoms with Crippen LogP contribution in [0.15, 0.2) is 47.4 Å². The number of rotatable bonds is 8. The lowest BCUT2D eigenvalue weighted by Gasteiger charge is -2.25. The van der Waals surface area contributed by atoms with Gasteiger partial charge in [-0.1, -0.05) is 12.1 Å². The molecule has 0 aliphatic heterocycles. The van der Waals surface area contributed by atoms with E-state index < -0.39 is 10.0 Å². The predicted molar refractivity (Wildman–Crippen MR) is 102 cm³/mol. The Morgan fingerprint density at radius 3 is 2.19 bits per heavy atom. The fourth-order valence-electron chi connectivity index (χ4n) is 2.71. The lowest BCUT2D eigenvalue weighted by atomic mass is 10.1. The van der Waals surface area contributed by atoms with Gasteiger partial charge in [-0.15, -0.1) is 0 Å². The van der Waals surface area contributed by atoms with E-state index in [2.05, 4.69) is 4.72 Å². The number of nitrogens with zero attached hydrogens (tertiary/aromatic N) is 1. The van der Waals surface area contributed by atoms with Gasteiger partial charge >= 0.3 is 0 Å². The Balaban J connectivity index is 2.17. The normalized spacial score (nSPS) is 12.8. The Morgan fingerprint density at radius 2 is 1.69 bits per heavy atom. The van der Waals surface area contributed by atoms with E-state index in [1.54, 1.807) is 32.4 Å². The van der Waals surface area contributed by atoms with E-state index in [1.165, 1.54) is 0 Å². The molecule has 1 unspecified atom stereocenters. The molecule has 26 heavy (non-hydrogen) atoms. The molecule has 0 bridgehead atoms. The molecule has 0 aliphatic rings. The molecule has 0 saturated heterocycles. The van der Waals surface area contributed by atoms with Gasteiger partial charge in [0.05, 0.1) is 19.1 Å². The maximum absolute atomic E-state index is 12.7. The van der Waals surface area contributed by atoms with Crippen LogP contribution in [0.3, 0.4) is 0 Å². The molecule has 2 aromatic carbocycles. The van der Waals surface area contributed by atoms with Crippen LogP contribution in [0.2, 0.25) is 0 Å². The summed E-state index contributed by atoms with van der Waals surface area (Å²) in [6.45, 7) is 2.07. The van der Waals surface area contributed by atoms with Crippen molar-refractivity contribution in [3.63, 3.8) is 0 Å². The van der Waals surface area contributed by atoms with Gasteiger partial charge in [-0.05, 0) is 62.5 Å². The Labute approximate surface area is 155 Å². The molecule has 1 atom stereocenters. The smallest absolute Gasteiger partial charge is 0.240 e. The van der Waals surface area contributed by atoms with Crippen molar-refractivity contribution in [3.8, 4) is 11.5 Å². The minimum Gasteiger partial charge on any atom is -0.497 e. The lowest BCUT2D eigenvalue weighted by molar-refractivity contribution is 0.299. The number of aryl methyl sites for hydroxylation is 1. The zero-order valence-corrected chi connectivity index (χ0v) is 16.6. The summed E-state index contributed by atoms with van der Waals surface area (Å²) < 4.78 is 38.4. The van der Waals surface area contributed by atoms with Crippen molar-refractivity contribution in [1.29, 1.82) is 0 Å². The number of likely N-dealkylation sites (N-methyl/N-ethyl adjacent to an activating group) is 1. The van der Waals surface area contributed by atoms with Crippen molar-refractivity contribution >= 4 is 10.0 Å². The molecule has 0 radical (unpaired) electrons. The van der Waals surface area contributed by atoms with Gasteiger partial charge in [0.2, 0.25) is 10.0 Å². The molecular weight excluding hydrogens is 352 g/mol. The maximum atomic E-state index is 12.7. The highest BCUT2D eigenvalue weighted by molar-refractivity contribution is 7.89. The molecule has 0 fully saturated rings. The minimum absolute atomic E-state index is 0.102. The van der Waals surface area contributed by atoms with Crippen molar-refractivity contribution in [2.45, 2.75) is 17.9 Å². The van der Waals surface area contributed by atoms with Crippen LogP contribution in [-0.2, 0) is 10.0 Å². The summed E-state index contributed by atoms with van der Waals surface area (Å²) in [4.78, 5) is 2.20. The van der Waals surface area contributed by atoms with Crippen LogP contribution in [0.4, 0.5) is 0 Å². The zero-order chi connectivity index (χ0) is 19.3. The Kier molecular flexibility index (Phi) is 6.63. The first-order valence-electron chi connectivity index (χ1n) is 8.23. The molecule has 0 amide bonds. The number of sulfonamides is 1. The molecule has 0 aliphatic carbocycles. The topological polar surface area (TPSA) is 67.9 Å². The molecule has 6 nitrogen and oxygen atoms in total. The highest BCUT2D eigenvalue weighted by atomic mass is 32.2. The third kappa shape index (κ3) is 4.75. The summed E-state index contributed by atoms with van der Waals surface area (Å²) in [6, 6.07) is 12.3. The van der Waals surface area contributed by atoms with Crippen LogP contribution in [0.1, 0.15) is 17.2 Å². The Bertz CT molecular complexity index is 833. The van der Waals surface area contributed by atoms with Crippen molar-refractivity contribution in [2.24, 2.45) is 0 Å². The summed E-state index contributed by atoms with van der Waals surface area (Å²) in [7, 11) is 3.40. The predicted octanol–water partition coefficient (Wildman–Crippen LogP) is 2.59. The molecule has 2 aromatic rings. The second-order valence-corrected chi connectivity index (χ2v) is 8.00. The minimum atomic E-state index is -3.61. The van der Waals surface area contributed by atoms with E-state index in [0.29, 0.717) is 5.75 Å². The van der Waals surface area contributed by atoms with Crippen LogP contribution in [0, 0.1) is 6.92 Å². The van der Waals surface area contributed by atoms with Gasteiger partial charge in [-0.25, -0.2) is 13.1 Å². The number of ether oxygens (including phenoxy) is 2. The molecule has 0 aromatic heterocycles. The van der Waals surface area contributed by atoms with Crippen LogP contribution in [0.25, 0.3) is 0 Å². The molecule has 7 heteroatoms. The summed E-state index contributed by atoms with van der Waals surface area (Å²) in [5, 5.41) is 0. The van der Waals surface area contributed by atoms with Gasteiger partial charge in [0.1, 0.15) is 11.5 Å². The number of hydrogen-bond donors (Lipinski definition) is 1. The molecule has 0 saturated carbocycles. The number of hydrogen-bond acceptors (Lipinski definition) is 5. The van der Waals surface area contributed by atoms with Crippen LogP contribution in [0.5, 0.6) is 11.5 Å². The van der Waals surface area contributed by atoms with Crippen molar-refractivity contribution < 1.29 is 17.9 Å². The van der Waals surface area contributed by atoms with Gasteiger partial charge in [0, 0.05) is 12.6 Å². The summed E-state index contributed by atoms with van der Waals surface area (Å²) in [6.07, 6.45) is 0. The molecule has 1 N–H and O–H groups in total. The van der Waals surface area contributed by atoms with Crippen LogP contribution >= 0.6 is 0 Å². The number of methoxy groups -OCH3 is 2. The standard InChI is InChI=1S/C19H26N2O4S/c1-14-12-17(10-11-19(14)25-5)26(22,23)20-13-18(21(2)3)15-6-8-16(24-4)9-7-15/h6-12,18,20H,13H2,1-5H3. The first kappa shape index (κ1) is 20.2. The molecular formula is C19H26N2O4S. The summed E-state index contributed by atoms with van der Waals surface area (Å²) in [5.74, 6) is 1.42. The fourth-order valence-corrected chi connectivity index (χ4v) is 3.84. The van der Waals surface area contributed by atoms with E-state index in [4.69, 9.17) is 9.47 Å². The maximum Gasteiger partial charge on any atom is 0.240 e. The van der Waals surface area contributed by atoms with Crippen LogP contribution < -0.4 is 14.2 Å². The van der Waals surface area contributed by atoms with E-state index in [-0.39, 0.29) is 17.5 Å². The Morgan fingerprint density at radius 1 is 1.04 bits per heavy atom. The first-order chi connectivity index (χ1) is 12.3. The van der Waals surface area contributed by atoms with E-state index in [9.17, 15) is 8.42 Å².